The third kappa shape index (κ3) is 2.59. The zero-order chi connectivity index (χ0) is 11.2. The van der Waals surface area contributed by atoms with Crippen molar-refractivity contribution in [2.45, 2.75) is 33.6 Å². The Balaban J connectivity index is 4.81. The first kappa shape index (κ1) is 12.7. The van der Waals surface area contributed by atoms with E-state index in [9.17, 15) is 9.59 Å². The molecule has 3 nitrogen and oxygen atoms in total. The van der Waals surface area contributed by atoms with Crippen LogP contribution in [0.3, 0.4) is 0 Å². The van der Waals surface area contributed by atoms with Crippen LogP contribution in [0.25, 0.3) is 0 Å². The van der Waals surface area contributed by atoms with Crippen molar-refractivity contribution in [3.8, 4) is 12.3 Å². The molecule has 0 fully saturated rings. The van der Waals surface area contributed by atoms with Crippen molar-refractivity contribution < 1.29 is 14.3 Å². The number of esters is 1. The second kappa shape index (κ2) is 5.43. The molecule has 0 amide bonds. The number of carbonyl (C=O) groups excluding carboxylic acids is 2. The van der Waals surface area contributed by atoms with E-state index in [0.29, 0.717) is 0 Å². The van der Waals surface area contributed by atoms with Gasteiger partial charge >= 0.3 is 5.97 Å². The molecule has 0 aliphatic rings. The summed E-state index contributed by atoms with van der Waals surface area (Å²) in [6, 6.07) is 0. The van der Waals surface area contributed by atoms with E-state index >= 15 is 0 Å². The zero-order valence-electron chi connectivity index (χ0n) is 8.92. The van der Waals surface area contributed by atoms with E-state index in [-0.39, 0.29) is 25.2 Å². The van der Waals surface area contributed by atoms with E-state index in [2.05, 4.69) is 5.92 Å². The smallest absolute Gasteiger partial charge is 0.320 e. The number of ketones is 1. The maximum atomic E-state index is 11.5. The molecule has 0 spiro atoms. The second-order valence-electron chi connectivity index (χ2n) is 3.21. The Labute approximate surface area is 84.8 Å². The van der Waals surface area contributed by atoms with Gasteiger partial charge in [-0.05, 0) is 13.8 Å². The molecule has 0 rings (SSSR count). The highest BCUT2D eigenvalue weighted by molar-refractivity contribution is 6.03. The van der Waals surface area contributed by atoms with Gasteiger partial charge in [0.25, 0.3) is 0 Å². The average Bonchev–Trinajstić information content (AvgIpc) is 2.17. The monoisotopic (exact) mass is 196 g/mol. The van der Waals surface area contributed by atoms with Crippen molar-refractivity contribution in [2.75, 3.05) is 6.61 Å². The minimum Gasteiger partial charge on any atom is -0.465 e. The molecular weight excluding hydrogens is 180 g/mol. The summed E-state index contributed by atoms with van der Waals surface area (Å²) in [5.74, 6) is 1.65. The first-order valence-electron chi connectivity index (χ1n) is 4.66. The lowest BCUT2D eigenvalue weighted by molar-refractivity contribution is -0.158. The largest absolute Gasteiger partial charge is 0.465 e. The summed E-state index contributed by atoms with van der Waals surface area (Å²) in [7, 11) is 0. The molecule has 0 saturated carbocycles. The number of carbonyl (C=O) groups is 2. The lowest BCUT2D eigenvalue weighted by Gasteiger charge is -2.22. The molecule has 3 heteroatoms. The van der Waals surface area contributed by atoms with E-state index in [1.165, 1.54) is 6.92 Å². The fourth-order valence-electron chi connectivity index (χ4n) is 1.17. The first-order valence-corrected chi connectivity index (χ1v) is 4.66. The maximum absolute atomic E-state index is 11.5. The molecule has 0 saturated heterocycles. The molecule has 14 heavy (non-hydrogen) atoms. The molecule has 1 atom stereocenters. The van der Waals surface area contributed by atoms with Crippen molar-refractivity contribution in [3.05, 3.63) is 0 Å². The lowest BCUT2D eigenvalue weighted by Crippen LogP contribution is -2.37. The molecular formula is C11H16O3. The molecule has 0 bridgehead atoms. The van der Waals surface area contributed by atoms with Crippen LogP contribution in [-0.2, 0) is 14.3 Å². The van der Waals surface area contributed by atoms with Gasteiger partial charge in [0, 0.05) is 12.8 Å². The van der Waals surface area contributed by atoms with Gasteiger partial charge in [-0.25, -0.2) is 0 Å². The summed E-state index contributed by atoms with van der Waals surface area (Å²) in [5.41, 5.74) is -1.17. The fourth-order valence-corrected chi connectivity index (χ4v) is 1.17. The minimum atomic E-state index is -1.17. The Morgan fingerprint density at radius 1 is 1.43 bits per heavy atom. The summed E-state index contributed by atoms with van der Waals surface area (Å²) in [6.45, 7) is 5.20. The van der Waals surface area contributed by atoms with Gasteiger partial charge < -0.3 is 4.74 Å². The Morgan fingerprint density at radius 3 is 2.36 bits per heavy atom. The van der Waals surface area contributed by atoms with Crippen LogP contribution >= 0.6 is 0 Å². The van der Waals surface area contributed by atoms with E-state index in [1.54, 1.807) is 13.8 Å². The molecule has 0 aromatic heterocycles. The fraction of sp³-hybridized carbons (Fsp3) is 0.636. The van der Waals surface area contributed by atoms with Crippen LogP contribution in [0, 0.1) is 17.8 Å². The van der Waals surface area contributed by atoms with Crippen LogP contribution in [0.2, 0.25) is 0 Å². The highest BCUT2D eigenvalue weighted by Crippen LogP contribution is 2.25. The van der Waals surface area contributed by atoms with Gasteiger partial charge in [0.15, 0.2) is 5.78 Å². The van der Waals surface area contributed by atoms with E-state index in [4.69, 9.17) is 11.2 Å². The van der Waals surface area contributed by atoms with Crippen LogP contribution in [0.5, 0.6) is 0 Å². The Bertz CT molecular complexity index is 262. The molecule has 1 unspecified atom stereocenters. The van der Waals surface area contributed by atoms with Crippen LogP contribution in [0.1, 0.15) is 33.6 Å². The van der Waals surface area contributed by atoms with Crippen LogP contribution in [-0.4, -0.2) is 18.4 Å². The second-order valence-corrected chi connectivity index (χ2v) is 3.21. The lowest BCUT2D eigenvalue weighted by atomic mass is 9.81. The van der Waals surface area contributed by atoms with Crippen molar-refractivity contribution in [1.82, 2.24) is 0 Å². The molecule has 0 aliphatic heterocycles. The van der Waals surface area contributed by atoms with Gasteiger partial charge in [-0.1, -0.05) is 6.92 Å². The van der Waals surface area contributed by atoms with Gasteiger partial charge in [0.1, 0.15) is 5.41 Å². The van der Waals surface area contributed by atoms with Crippen LogP contribution in [0.4, 0.5) is 0 Å². The van der Waals surface area contributed by atoms with Gasteiger partial charge in [-0.2, -0.15) is 0 Å². The topological polar surface area (TPSA) is 43.4 Å². The Hall–Kier alpha value is -1.30. The van der Waals surface area contributed by atoms with Gasteiger partial charge in [-0.3, -0.25) is 9.59 Å². The average molecular weight is 196 g/mol. The van der Waals surface area contributed by atoms with Gasteiger partial charge in [0.2, 0.25) is 0 Å². The molecule has 0 radical (unpaired) electrons. The molecule has 0 aromatic carbocycles. The van der Waals surface area contributed by atoms with Crippen LogP contribution < -0.4 is 0 Å². The summed E-state index contributed by atoms with van der Waals surface area (Å²) in [6.07, 6.45) is 5.52. The van der Waals surface area contributed by atoms with Crippen molar-refractivity contribution in [1.29, 1.82) is 0 Å². The molecule has 0 N–H and O–H groups in total. The summed E-state index contributed by atoms with van der Waals surface area (Å²) in [5, 5.41) is 0. The molecule has 0 heterocycles. The number of ether oxygens (including phenoxy) is 1. The quantitative estimate of drug-likeness (QED) is 0.381. The van der Waals surface area contributed by atoms with Crippen molar-refractivity contribution in [3.63, 3.8) is 0 Å². The standard InChI is InChI=1S/C11H16O3/c1-5-8-11(4,9(12)6-2)10(13)14-7-3/h1H,6-8H2,2-4H3. The molecule has 78 valence electrons. The number of rotatable bonds is 5. The summed E-state index contributed by atoms with van der Waals surface area (Å²) in [4.78, 5) is 23.1. The van der Waals surface area contributed by atoms with E-state index in [0.717, 1.165) is 0 Å². The number of hydrogen-bond acceptors (Lipinski definition) is 3. The predicted molar refractivity (Wildman–Crippen MR) is 53.5 cm³/mol. The zero-order valence-corrected chi connectivity index (χ0v) is 8.92. The minimum absolute atomic E-state index is 0.0957. The normalized spacial score (nSPS) is 13.9. The predicted octanol–water partition coefficient (Wildman–Crippen LogP) is 1.56. The SMILES string of the molecule is C#CCC(C)(C(=O)CC)C(=O)OCC. The number of terminal acetylenes is 1. The van der Waals surface area contributed by atoms with Crippen LogP contribution in [0.15, 0.2) is 0 Å². The van der Waals surface area contributed by atoms with Crippen molar-refractivity contribution >= 4 is 11.8 Å². The third-order valence-corrected chi connectivity index (χ3v) is 2.12. The summed E-state index contributed by atoms with van der Waals surface area (Å²) >= 11 is 0. The van der Waals surface area contributed by atoms with Crippen molar-refractivity contribution in [2.24, 2.45) is 5.41 Å². The first-order chi connectivity index (χ1) is 6.52. The summed E-state index contributed by atoms with van der Waals surface area (Å²) < 4.78 is 4.83. The Kier molecular flexibility index (Phi) is 4.93. The van der Waals surface area contributed by atoms with E-state index < -0.39 is 11.4 Å². The number of hydrogen-bond donors (Lipinski definition) is 0. The third-order valence-electron chi connectivity index (χ3n) is 2.12. The molecule has 0 aromatic rings. The Morgan fingerprint density at radius 2 is 2.00 bits per heavy atom. The van der Waals surface area contributed by atoms with Gasteiger partial charge in [0.05, 0.1) is 6.61 Å². The maximum Gasteiger partial charge on any atom is 0.320 e. The molecule has 0 aliphatic carbocycles. The van der Waals surface area contributed by atoms with Gasteiger partial charge in [-0.15, -0.1) is 12.3 Å². The van der Waals surface area contributed by atoms with E-state index in [1.807, 2.05) is 0 Å². The number of Topliss-reactive ketones (excluding diaryl/α,β-unsaturated/α-hetero) is 1. The highest BCUT2D eigenvalue weighted by atomic mass is 16.5. The highest BCUT2D eigenvalue weighted by Gasteiger charge is 2.40.